The number of fused-ring (bicyclic) bond motifs is 2. The van der Waals surface area contributed by atoms with E-state index in [0.29, 0.717) is 6.04 Å². The van der Waals surface area contributed by atoms with Crippen LogP contribution in [-0.4, -0.2) is 16.3 Å². The Morgan fingerprint density at radius 1 is 1.42 bits per heavy atom. The van der Waals surface area contributed by atoms with E-state index in [1.54, 1.807) is 0 Å². The van der Waals surface area contributed by atoms with E-state index in [-0.39, 0.29) is 0 Å². The monoisotopic (exact) mass is 261 g/mol. The Bertz CT molecular complexity index is 412. The van der Waals surface area contributed by atoms with Crippen molar-refractivity contribution < 1.29 is 0 Å². The number of nitrogens with one attached hydrogen (secondary N) is 1. The topological polar surface area (TPSA) is 29.9 Å². The number of aromatic nitrogens is 2. The average molecular weight is 261 g/mol. The van der Waals surface area contributed by atoms with Gasteiger partial charge in [-0.2, -0.15) is 5.10 Å². The average Bonchev–Trinajstić information content (AvgIpc) is 3.10. The number of rotatable bonds is 6. The van der Waals surface area contributed by atoms with Gasteiger partial charge in [0.25, 0.3) is 0 Å². The molecule has 2 saturated carbocycles. The lowest BCUT2D eigenvalue weighted by atomic mass is 9.83. The zero-order valence-corrected chi connectivity index (χ0v) is 12.3. The molecule has 2 fully saturated rings. The molecule has 2 aliphatic carbocycles. The predicted molar refractivity (Wildman–Crippen MR) is 77.8 cm³/mol. The van der Waals surface area contributed by atoms with Crippen molar-refractivity contribution in [2.45, 2.75) is 51.5 Å². The summed E-state index contributed by atoms with van der Waals surface area (Å²) < 4.78 is 1.93. The maximum Gasteiger partial charge on any atom is 0.0793 e. The van der Waals surface area contributed by atoms with Crippen molar-refractivity contribution in [3.63, 3.8) is 0 Å². The molecule has 0 spiro atoms. The zero-order valence-electron chi connectivity index (χ0n) is 12.3. The predicted octanol–water partition coefficient (Wildman–Crippen LogP) is 3.29. The van der Waals surface area contributed by atoms with E-state index in [9.17, 15) is 0 Å². The molecule has 3 nitrogen and oxygen atoms in total. The highest BCUT2D eigenvalue weighted by molar-refractivity contribution is 5.07. The molecule has 3 heteroatoms. The molecule has 0 radical (unpaired) electrons. The van der Waals surface area contributed by atoms with Crippen LogP contribution >= 0.6 is 0 Å². The minimum absolute atomic E-state index is 0.463. The van der Waals surface area contributed by atoms with Gasteiger partial charge in [-0.1, -0.05) is 13.3 Å². The lowest BCUT2D eigenvalue weighted by Gasteiger charge is -2.26. The highest BCUT2D eigenvalue weighted by Gasteiger charge is 2.40. The van der Waals surface area contributed by atoms with Gasteiger partial charge in [-0.05, 0) is 62.5 Å². The van der Waals surface area contributed by atoms with Crippen LogP contribution in [0.4, 0.5) is 0 Å². The van der Waals surface area contributed by atoms with Crippen LogP contribution in [0, 0.1) is 17.8 Å². The van der Waals surface area contributed by atoms with Crippen LogP contribution in [-0.2, 0) is 7.05 Å². The van der Waals surface area contributed by atoms with E-state index in [0.717, 1.165) is 24.3 Å². The van der Waals surface area contributed by atoms with Crippen molar-refractivity contribution in [2.75, 3.05) is 6.54 Å². The second-order valence-electron chi connectivity index (χ2n) is 6.59. The quantitative estimate of drug-likeness (QED) is 0.851. The van der Waals surface area contributed by atoms with Crippen LogP contribution in [0.25, 0.3) is 0 Å². The van der Waals surface area contributed by atoms with Gasteiger partial charge in [-0.3, -0.25) is 4.68 Å². The van der Waals surface area contributed by atoms with Crippen LogP contribution in [0.15, 0.2) is 12.3 Å². The lowest BCUT2D eigenvalue weighted by molar-refractivity contribution is 0.276. The van der Waals surface area contributed by atoms with E-state index in [2.05, 4.69) is 29.6 Å². The Kier molecular flexibility index (Phi) is 3.92. The Labute approximate surface area is 116 Å². The molecule has 0 amide bonds. The van der Waals surface area contributed by atoms with Gasteiger partial charge in [0.15, 0.2) is 0 Å². The first kappa shape index (κ1) is 13.2. The van der Waals surface area contributed by atoms with Gasteiger partial charge in [0, 0.05) is 13.2 Å². The molecule has 4 unspecified atom stereocenters. The molecule has 1 aromatic rings. The molecule has 0 aliphatic heterocycles. The van der Waals surface area contributed by atoms with Gasteiger partial charge >= 0.3 is 0 Å². The maximum atomic E-state index is 4.62. The Morgan fingerprint density at radius 3 is 2.89 bits per heavy atom. The van der Waals surface area contributed by atoms with E-state index < -0.39 is 0 Å². The Morgan fingerprint density at radius 2 is 2.32 bits per heavy atom. The molecule has 2 aliphatic rings. The largest absolute Gasteiger partial charge is 0.309 e. The Balaban J connectivity index is 1.65. The van der Waals surface area contributed by atoms with E-state index in [1.807, 2.05) is 11.7 Å². The second-order valence-corrected chi connectivity index (χ2v) is 6.59. The van der Waals surface area contributed by atoms with E-state index >= 15 is 0 Å². The van der Waals surface area contributed by atoms with Gasteiger partial charge in [0.1, 0.15) is 0 Å². The highest BCUT2D eigenvalue weighted by Crippen LogP contribution is 2.50. The Hall–Kier alpha value is -0.830. The van der Waals surface area contributed by atoms with Crippen molar-refractivity contribution in [1.29, 1.82) is 0 Å². The summed E-state index contributed by atoms with van der Waals surface area (Å²) in [6.45, 7) is 3.34. The number of hydrogen-bond donors (Lipinski definition) is 1. The molecule has 106 valence electrons. The minimum atomic E-state index is 0.463. The molecule has 1 aromatic heterocycles. The lowest BCUT2D eigenvalue weighted by Crippen LogP contribution is -2.26. The number of hydrogen-bond acceptors (Lipinski definition) is 2. The van der Waals surface area contributed by atoms with Gasteiger partial charge in [-0.25, -0.2) is 0 Å². The van der Waals surface area contributed by atoms with Crippen molar-refractivity contribution in [2.24, 2.45) is 24.8 Å². The third kappa shape index (κ3) is 2.86. The number of aryl methyl sites for hydroxylation is 1. The highest BCUT2D eigenvalue weighted by atomic mass is 15.3. The molecule has 1 N–H and O–H groups in total. The maximum absolute atomic E-state index is 4.62. The summed E-state index contributed by atoms with van der Waals surface area (Å²) >= 11 is 0. The summed E-state index contributed by atoms with van der Waals surface area (Å²) in [6, 6.07) is 2.64. The first-order valence-electron chi connectivity index (χ1n) is 7.99. The molecular weight excluding hydrogens is 234 g/mol. The van der Waals surface area contributed by atoms with Crippen molar-refractivity contribution in [3.8, 4) is 0 Å². The third-order valence-corrected chi connectivity index (χ3v) is 5.15. The molecular formula is C16H27N3. The molecule has 3 rings (SSSR count). The van der Waals surface area contributed by atoms with Crippen molar-refractivity contribution in [1.82, 2.24) is 15.1 Å². The molecule has 19 heavy (non-hydrogen) atoms. The normalized spacial score (nSPS) is 30.9. The summed E-state index contributed by atoms with van der Waals surface area (Å²) in [4.78, 5) is 0. The van der Waals surface area contributed by atoms with Gasteiger partial charge in [0.2, 0.25) is 0 Å². The fraction of sp³-hybridized carbons (Fsp3) is 0.812. The number of nitrogens with zero attached hydrogens (tertiary/aromatic N) is 2. The van der Waals surface area contributed by atoms with Crippen molar-refractivity contribution in [3.05, 3.63) is 18.0 Å². The second kappa shape index (κ2) is 5.66. The fourth-order valence-electron chi connectivity index (χ4n) is 4.21. The summed E-state index contributed by atoms with van der Waals surface area (Å²) in [5, 5.41) is 8.33. The van der Waals surface area contributed by atoms with Crippen LogP contribution in [0.3, 0.4) is 0 Å². The minimum Gasteiger partial charge on any atom is -0.309 e. The van der Waals surface area contributed by atoms with Gasteiger partial charge in [0.05, 0.1) is 11.7 Å². The smallest absolute Gasteiger partial charge is 0.0793 e. The van der Waals surface area contributed by atoms with Crippen molar-refractivity contribution >= 4 is 0 Å². The molecule has 0 aromatic carbocycles. The van der Waals surface area contributed by atoms with Gasteiger partial charge in [-0.15, -0.1) is 0 Å². The van der Waals surface area contributed by atoms with Crippen LogP contribution in [0.5, 0.6) is 0 Å². The summed E-state index contributed by atoms with van der Waals surface area (Å²) in [5.41, 5.74) is 1.23. The first-order valence-corrected chi connectivity index (χ1v) is 7.99. The summed E-state index contributed by atoms with van der Waals surface area (Å²) in [5.74, 6) is 3.00. The molecule has 0 saturated heterocycles. The van der Waals surface area contributed by atoms with E-state index in [4.69, 9.17) is 0 Å². The summed E-state index contributed by atoms with van der Waals surface area (Å²) in [7, 11) is 2.01. The first-order chi connectivity index (χ1) is 9.26. The molecule has 4 atom stereocenters. The standard InChI is InChI=1S/C16H27N3/c1-3-7-17-16(15-6-8-19(2)18-15)11-14-10-12-4-5-13(14)9-12/h6,8,12-14,16-17H,3-5,7,9-11H2,1-2H3. The van der Waals surface area contributed by atoms with Crippen LogP contribution in [0.2, 0.25) is 0 Å². The van der Waals surface area contributed by atoms with E-state index in [1.165, 1.54) is 44.2 Å². The summed E-state index contributed by atoms with van der Waals surface area (Å²) in [6.07, 6.45) is 10.5. The zero-order chi connectivity index (χ0) is 13.2. The fourth-order valence-corrected chi connectivity index (χ4v) is 4.21. The van der Waals surface area contributed by atoms with Crippen LogP contribution < -0.4 is 5.32 Å². The third-order valence-electron chi connectivity index (χ3n) is 5.15. The van der Waals surface area contributed by atoms with Gasteiger partial charge < -0.3 is 5.32 Å². The SMILES string of the molecule is CCCNC(CC1CC2CCC1C2)c1ccn(C)n1. The molecule has 1 heterocycles. The molecule has 2 bridgehead atoms. The van der Waals surface area contributed by atoms with Crippen LogP contribution in [0.1, 0.15) is 57.2 Å².